The van der Waals surface area contributed by atoms with E-state index in [1.165, 1.54) is 12.8 Å². The summed E-state index contributed by atoms with van der Waals surface area (Å²) in [5.41, 5.74) is 3.64. The van der Waals surface area contributed by atoms with E-state index in [1.807, 2.05) is 35.4 Å². The third-order valence-corrected chi connectivity index (χ3v) is 5.98. The number of fused-ring (bicyclic) bond motifs is 1. The summed E-state index contributed by atoms with van der Waals surface area (Å²) in [4.78, 5) is 33.8. The molecule has 2 aromatic rings. The summed E-state index contributed by atoms with van der Waals surface area (Å²) in [6, 6.07) is 9.73. The number of hydrogen-bond donors (Lipinski definition) is 1. The van der Waals surface area contributed by atoms with Gasteiger partial charge in [-0.3, -0.25) is 19.5 Å². The Balaban J connectivity index is 1.93. The molecule has 2 amide bonds. The third-order valence-electron chi connectivity index (χ3n) is 5.98. The average Bonchev–Trinajstić information content (AvgIpc) is 2.80. The molecule has 1 aliphatic rings. The molecule has 2 heterocycles. The van der Waals surface area contributed by atoms with Gasteiger partial charge in [-0.25, -0.2) is 0 Å². The van der Waals surface area contributed by atoms with Crippen LogP contribution in [-0.2, 0) is 22.6 Å². The van der Waals surface area contributed by atoms with E-state index in [-0.39, 0.29) is 11.8 Å². The second-order valence-corrected chi connectivity index (χ2v) is 8.60. The molecule has 0 spiro atoms. The number of pyridine rings is 1. The van der Waals surface area contributed by atoms with E-state index in [4.69, 9.17) is 4.74 Å². The van der Waals surface area contributed by atoms with Gasteiger partial charge >= 0.3 is 0 Å². The van der Waals surface area contributed by atoms with Crippen LogP contribution in [0.5, 0.6) is 0 Å². The summed E-state index contributed by atoms with van der Waals surface area (Å²) >= 11 is 0. The molecular weight excluding hydrogens is 416 g/mol. The summed E-state index contributed by atoms with van der Waals surface area (Å²) < 4.78 is 5.04. The van der Waals surface area contributed by atoms with E-state index >= 15 is 0 Å². The lowest BCUT2D eigenvalue weighted by Gasteiger charge is -2.29. The van der Waals surface area contributed by atoms with Gasteiger partial charge in [0.05, 0.1) is 6.61 Å². The van der Waals surface area contributed by atoms with Crippen molar-refractivity contribution in [2.75, 3.05) is 38.3 Å². The van der Waals surface area contributed by atoms with E-state index in [0.717, 1.165) is 49.2 Å². The first-order valence-corrected chi connectivity index (χ1v) is 11.9. The van der Waals surface area contributed by atoms with Crippen LogP contribution in [0.3, 0.4) is 0 Å². The van der Waals surface area contributed by atoms with Crippen LogP contribution in [0, 0.1) is 0 Å². The van der Waals surface area contributed by atoms with Gasteiger partial charge in [-0.15, -0.1) is 0 Å². The lowest BCUT2D eigenvalue weighted by Crippen LogP contribution is -2.33. The van der Waals surface area contributed by atoms with E-state index < -0.39 is 0 Å². The number of carbonyl (C=O) groups excluding carboxylic acids is 2. The van der Waals surface area contributed by atoms with Gasteiger partial charge in [0.2, 0.25) is 5.91 Å². The number of hydrogen-bond acceptors (Lipinski definition) is 5. The Bertz CT molecular complexity index is 904. The number of nitrogens with zero attached hydrogens (tertiary/aromatic N) is 3. The molecule has 0 aliphatic carbocycles. The Morgan fingerprint density at radius 1 is 1.09 bits per heavy atom. The summed E-state index contributed by atoms with van der Waals surface area (Å²) in [6.07, 6.45) is 9.27. The monoisotopic (exact) mass is 452 g/mol. The second kappa shape index (κ2) is 13.1. The van der Waals surface area contributed by atoms with Crippen LogP contribution in [0.1, 0.15) is 60.5 Å². The summed E-state index contributed by atoms with van der Waals surface area (Å²) in [6.45, 7) is 5.63. The van der Waals surface area contributed by atoms with E-state index in [2.05, 4.69) is 21.3 Å². The minimum absolute atomic E-state index is 0.0319. The number of nitrogens with one attached hydrogen (secondary N) is 1. The first-order chi connectivity index (χ1) is 16.1. The zero-order valence-electron chi connectivity index (χ0n) is 19.9. The van der Waals surface area contributed by atoms with Gasteiger partial charge in [0.15, 0.2) is 0 Å². The smallest absolute Gasteiger partial charge is 0.251 e. The molecule has 0 saturated carbocycles. The van der Waals surface area contributed by atoms with Crippen molar-refractivity contribution in [2.24, 2.45) is 0 Å². The standard InChI is InChI=1S/C26H36N4O3/c1-21(31)30-15-7-5-3-4-6-14-29(19-22-9-8-12-27-18-22)20-24-17-23(10-11-25(24)30)26(32)28-13-16-33-2/h8-12,17-18H,3-7,13-16,19-20H2,1-2H3,(H,28,32). The van der Waals surface area contributed by atoms with Gasteiger partial charge in [-0.05, 0) is 54.8 Å². The molecular formula is C26H36N4O3. The number of carbonyl (C=O) groups is 2. The topological polar surface area (TPSA) is 74.8 Å². The highest BCUT2D eigenvalue weighted by atomic mass is 16.5. The predicted molar refractivity (Wildman–Crippen MR) is 130 cm³/mol. The summed E-state index contributed by atoms with van der Waals surface area (Å²) in [5, 5.41) is 2.89. The summed E-state index contributed by atoms with van der Waals surface area (Å²) in [7, 11) is 1.61. The van der Waals surface area contributed by atoms with E-state index in [1.54, 1.807) is 20.2 Å². The van der Waals surface area contributed by atoms with Crippen LogP contribution in [-0.4, -0.2) is 55.0 Å². The van der Waals surface area contributed by atoms with Gasteiger partial charge < -0.3 is 15.0 Å². The number of anilines is 1. The number of aromatic nitrogens is 1. The number of benzene rings is 1. The zero-order chi connectivity index (χ0) is 23.5. The first kappa shape index (κ1) is 24.9. The molecule has 0 fully saturated rings. The zero-order valence-corrected chi connectivity index (χ0v) is 19.9. The lowest BCUT2D eigenvalue weighted by atomic mass is 10.0. The van der Waals surface area contributed by atoms with Crippen molar-refractivity contribution in [3.63, 3.8) is 0 Å². The predicted octanol–water partition coefficient (Wildman–Crippen LogP) is 3.78. The highest BCUT2D eigenvalue weighted by Gasteiger charge is 2.20. The van der Waals surface area contributed by atoms with Crippen LogP contribution in [0.4, 0.5) is 5.69 Å². The molecule has 0 bridgehead atoms. The maximum Gasteiger partial charge on any atom is 0.251 e. The van der Waals surface area contributed by atoms with Crippen molar-refractivity contribution in [1.29, 1.82) is 0 Å². The molecule has 1 aliphatic heterocycles. The molecule has 3 rings (SSSR count). The fraction of sp³-hybridized carbons (Fsp3) is 0.500. The van der Waals surface area contributed by atoms with Gasteiger partial charge in [-0.1, -0.05) is 25.3 Å². The van der Waals surface area contributed by atoms with Crippen molar-refractivity contribution in [3.05, 3.63) is 59.4 Å². The van der Waals surface area contributed by atoms with Gasteiger partial charge in [0.25, 0.3) is 5.91 Å². The number of rotatable bonds is 6. The minimum atomic E-state index is -0.130. The van der Waals surface area contributed by atoms with Crippen molar-refractivity contribution < 1.29 is 14.3 Å². The molecule has 0 unspecified atom stereocenters. The number of methoxy groups -OCH3 is 1. The van der Waals surface area contributed by atoms with E-state index in [0.29, 0.717) is 31.8 Å². The fourth-order valence-corrected chi connectivity index (χ4v) is 4.27. The highest BCUT2D eigenvalue weighted by molar-refractivity contribution is 5.97. The quantitative estimate of drug-likeness (QED) is 0.675. The van der Waals surface area contributed by atoms with Crippen LogP contribution >= 0.6 is 0 Å². The van der Waals surface area contributed by atoms with E-state index in [9.17, 15) is 9.59 Å². The molecule has 0 saturated heterocycles. The van der Waals surface area contributed by atoms with Gasteiger partial charge in [0.1, 0.15) is 0 Å². The SMILES string of the molecule is COCCNC(=O)c1ccc2c(c1)CN(Cc1cccnc1)CCCCCCCN2C(C)=O. The normalized spacial score (nSPS) is 15.8. The largest absolute Gasteiger partial charge is 0.383 e. The Morgan fingerprint density at radius 3 is 2.61 bits per heavy atom. The Kier molecular flexibility index (Phi) is 9.84. The maximum absolute atomic E-state index is 12.7. The first-order valence-electron chi connectivity index (χ1n) is 11.9. The van der Waals surface area contributed by atoms with Gasteiger partial charge in [-0.2, -0.15) is 0 Å². The van der Waals surface area contributed by atoms with Crippen molar-refractivity contribution in [1.82, 2.24) is 15.2 Å². The Morgan fingerprint density at radius 2 is 1.88 bits per heavy atom. The molecule has 33 heavy (non-hydrogen) atoms. The molecule has 178 valence electrons. The number of amides is 2. The van der Waals surface area contributed by atoms with Crippen molar-refractivity contribution >= 4 is 17.5 Å². The average molecular weight is 453 g/mol. The molecule has 1 N–H and O–H groups in total. The molecule has 0 atom stereocenters. The molecule has 7 heteroatoms. The third kappa shape index (κ3) is 7.65. The van der Waals surface area contributed by atoms with Crippen LogP contribution in [0.25, 0.3) is 0 Å². The Labute approximate surface area is 197 Å². The molecule has 7 nitrogen and oxygen atoms in total. The highest BCUT2D eigenvalue weighted by Crippen LogP contribution is 2.26. The van der Waals surface area contributed by atoms with Gasteiger partial charge in [0, 0.05) is 63.9 Å². The van der Waals surface area contributed by atoms with Crippen LogP contribution < -0.4 is 10.2 Å². The van der Waals surface area contributed by atoms with Crippen LogP contribution in [0.2, 0.25) is 0 Å². The van der Waals surface area contributed by atoms with Crippen LogP contribution in [0.15, 0.2) is 42.7 Å². The van der Waals surface area contributed by atoms with Crippen molar-refractivity contribution in [2.45, 2.75) is 52.1 Å². The fourth-order valence-electron chi connectivity index (χ4n) is 4.27. The molecule has 0 radical (unpaired) electrons. The maximum atomic E-state index is 12.7. The number of ether oxygens (including phenoxy) is 1. The molecule has 1 aromatic heterocycles. The minimum Gasteiger partial charge on any atom is -0.383 e. The molecule has 1 aromatic carbocycles. The summed E-state index contributed by atoms with van der Waals surface area (Å²) in [5.74, 6) is -0.0986. The second-order valence-electron chi connectivity index (χ2n) is 8.60. The van der Waals surface area contributed by atoms with Crippen molar-refractivity contribution in [3.8, 4) is 0 Å². The lowest BCUT2D eigenvalue weighted by molar-refractivity contribution is -0.116. The Hall–Kier alpha value is -2.77.